The normalized spacial score (nSPS) is 13.7. The van der Waals surface area contributed by atoms with E-state index < -0.39 is 0 Å². The van der Waals surface area contributed by atoms with E-state index in [-0.39, 0.29) is 5.82 Å². The molecule has 1 aliphatic rings. The van der Waals surface area contributed by atoms with Crippen molar-refractivity contribution in [3.63, 3.8) is 0 Å². The van der Waals surface area contributed by atoms with Crippen LogP contribution in [0.3, 0.4) is 0 Å². The first-order valence-corrected chi connectivity index (χ1v) is 6.98. The zero-order valence-electron chi connectivity index (χ0n) is 10.4. The number of nitrogens with two attached hydrogens (primary N) is 1. The van der Waals surface area contributed by atoms with Gasteiger partial charge in [0.1, 0.15) is 0 Å². The summed E-state index contributed by atoms with van der Waals surface area (Å²) in [6.45, 7) is 1.83. The number of anilines is 1. The molecule has 2 nitrogen and oxygen atoms in total. The average molecular weight is 321 g/mol. The molecule has 4 heteroatoms. The number of nitrogens with zero attached hydrogens (tertiary/aromatic N) is 1. The summed E-state index contributed by atoms with van der Waals surface area (Å²) in [6.07, 6.45) is 0. The third-order valence-electron chi connectivity index (χ3n) is 3.54. The second-order valence-electron chi connectivity index (χ2n) is 4.70. The first kappa shape index (κ1) is 12.6. The van der Waals surface area contributed by atoms with Crippen molar-refractivity contribution in [2.24, 2.45) is 5.73 Å². The van der Waals surface area contributed by atoms with Gasteiger partial charge in [0.25, 0.3) is 0 Å². The summed E-state index contributed by atoms with van der Waals surface area (Å²) in [4.78, 5) is 2.05. The molecule has 0 aliphatic carbocycles. The van der Waals surface area contributed by atoms with Crippen molar-refractivity contribution in [2.75, 3.05) is 4.90 Å². The van der Waals surface area contributed by atoms with Crippen LogP contribution in [0.4, 0.5) is 10.1 Å². The number of hydrogen-bond acceptors (Lipinski definition) is 2. The van der Waals surface area contributed by atoms with Crippen LogP contribution in [0.2, 0.25) is 0 Å². The first-order chi connectivity index (χ1) is 9.20. The van der Waals surface area contributed by atoms with Gasteiger partial charge in [0.2, 0.25) is 0 Å². The largest absolute Gasteiger partial charge is 0.360 e. The zero-order chi connectivity index (χ0) is 13.4. The Morgan fingerprint density at radius 1 is 1.11 bits per heavy atom. The van der Waals surface area contributed by atoms with Gasteiger partial charge in [0.05, 0.1) is 10.2 Å². The molecule has 98 valence electrons. The van der Waals surface area contributed by atoms with Gasteiger partial charge in [-0.1, -0.05) is 30.3 Å². The SMILES string of the molecule is NCc1ccc(N2Cc3ccccc3C2)c(F)c1Br. The zero-order valence-corrected chi connectivity index (χ0v) is 12.0. The molecule has 0 spiro atoms. The highest BCUT2D eigenvalue weighted by atomic mass is 79.9. The van der Waals surface area contributed by atoms with E-state index in [2.05, 4.69) is 28.1 Å². The van der Waals surface area contributed by atoms with E-state index in [1.54, 1.807) is 0 Å². The summed E-state index contributed by atoms with van der Waals surface area (Å²) in [5.74, 6) is -0.226. The van der Waals surface area contributed by atoms with Gasteiger partial charge in [-0.05, 0) is 38.7 Å². The molecule has 0 amide bonds. The van der Waals surface area contributed by atoms with E-state index in [1.165, 1.54) is 11.1 Å². The van der Waals surface area contributed by atoms with Crippen LogP contribution in [-0.2, 0) is 19.6 Å². The van der Waals surface area contributed by atoms with Crippen molar-refractivity contribution in [3.8, 4) is 0 Å². The van der Waals surface area contributed by atoms with Crippen molar-refractivity contribution < 1.29 is 4.39 Å². The molecular formula is C15H14BrFN2. The van der Waals surface area contributed by atoms with Crippen molar-refractivity contribution in [1.82, 2.24) is 0 Å². The fourth-order valence-corrected chi connectivity index (χ4v) is 2.98. The van der Waals surface area contributed by atoms with Crippen LogP contribution >= 0.6 is 15.9 Å². The molecule has 0 saturated heterocycles. The lowest BCUT2D eigenvalue weighted by atomic mass is 10.1. The van der Waals surface area contributed by atoms with E-state index in [0.717, 1.165) is 18.7 Å². The quantitative estimate of drug-likeness (QED) is 0.916. The molecule has 2 N–H and O–H groups in total. The Bertz CT molecular complexity index is 603. The third-order valence-corrected chi connectivity index (χ3v) is 4.40. The lowest BCUT2D eigenvalue weighted by Crippen LogP contribution is -2.16. The predicted octanol–water partition coefficient (Wildman–Crippen LogP) is 3.57. The topological polar surface area (TPSA) is 29.3 Å². The second-order valence-corrected chi connectivity index (χ2v) is 5.49. The Balaban J connectivity index is 1.96. The minimum atomic E-state index is -0.226. The van der Waals surface area contributed by atoms with Crippen LogP contribution in [0.1, 0.15) is 16.7 Å². The Kier molecular flexibility index (Phi) is 3.29. The molecule has 0 fully saturated rings. The van der Waals surface area contributed by atoms with Crippen molar-refractivity contribution in [1.29, 1.82) is 0 Å². The molecule has 0 aromatic heterocycles. The molecule has 1 heterocycles. The standard InChI is InChI=1S/C15H14BrFN2/c16-14-10(7-18)5-6-13(15(14)17)19-8-11-3-1-2-4-12(11)9-19/h1-6H,7-9,18H2. The van der Waals surface area contributed by atoms with E-state index in [4.69, 9.17) is 5.73 Å². The van der Waals surface area contributed by atoms with Crippen molar-refractivity contribution in [3.05, 3.63) is 63.4 Å². The lowest BCUT2D eigenvalue weighted by molar-refractivity contribution is 0.610. The molecule has 0 saturated carbocycles. The summed E-state index contributed by atoms with van der Waals surface area (Å²) >= 11 is 3.29. The highest BCUT2D eigenvalue weighted by Gasteiger charge is 2.22. The fourth-order valence-electron chi connectivity index (χ4n) is 2.48. The second kappa shape index (κ2) is 4.94. The Hall–Kier alpha value is -1.39. The molecule has 0 atom stereocenters. The molecular weight excluding hydrogens is 307 g/mol. The molecule has 0 bridgehead atoms. The van der Waals surface area contributed by atoms with Gasteiger partial charge < -0.3 is 10.6 Å². The number of rotatable bonds is 2. The molecule has 3 rings (SSSR count). The van der Waals surface area contributed by atoms with Crippen LogP contribution in [0, 0.1) is 5.82 Å². The molecule has 2 aromatic carbocycles. The van der Waals surface area contributed by atoms with E-state index in [9.17, 15) is 4.39 Å². The average Bonchev–Trinajstić information content (AvgIpc) is 2.85. The van der Waals surface area contributed by atoms with E-state index >= 15 is 0 Å². The summed E-state index contributed by atoms with van der Waals surface area (Å²) in [6, 6.07) is 11.9. The third kappa shape index (κ3) is 2.15. The maximum absolute atomic E-state index is 14.4. The predicted molar refractivity (Wildman–Crippen MR) is 78.3 cm³/mol. The smallest absolute Gasteiger partial charge is 0.160 e. The van der Waals surface area contributed by atoms with Gasteiger partial charge in [0, 0.05) is 19.6 Å². The summed E-state index contributed by atoms with van der Waals surface area (Å²) in [5, 5.41) is 0. The highest BCUT2D eigenvalue weighted by Crippen LogP contribution is 2.34. The molecule has 0 radical (unpaired) electrons. The van der Waals surface area contributed by atoms with Crippen LogP contribution in [0.25, 0.3) is 0 Å². The van der Waals surface area contributed by atoms with Gasteiger partial charge in [0.15, 0.2) is 5.82 Å². The first-order valence-electron chi connectivity index (χ1n) is 6.19. The van der Waals surface area contributed by atoms with Gasteiger partial charge in [-0.3, -0.25) is 0 Å². The van der Waals surface area contributed by atoms with Gasteiger partial charge in [-0.2, -0.15) is 0 Å². The van der Waals surface area contributed by atoms with Crippen LogP contribution in [-0.4, -0.2) is 0 Å². The Morgan fingerprint density at radius 3 is 2.32 bits per heavy atom. The van der Waals surface area contributed by atoms with Gasteiger partial charge in [-0.15, -0.1) is 0 Å². The van der Waals surface area contributed by atoms with Gasteiger partial charge in [-0.25, -0.2) is 4.39 Å². The van der Waals surface area contributed by atoms with E-state index in [1.807, 2.05) is 29.2 Å². The molecule has 19 heavy (non-hydrogen) atoms. The summed E-state index contributed by atoms with van der Waals surface area (Å²) < 4.78 is 14.9. The maximum Gasteiger partial charge on any atom is 0.160 e. The van der Waals surface area contributed by atoms with Crippen LogP contribution in [0.15, 0.2) is 40.9 Å². The van der Waals surface area contributed by atoms with Crippen molar-refractivity contribution >= 4 is 21.6 Å². The number of hydrogen-bond donors (Lipinski definition) is 1. The minimum Gasteiger partial charge on any atom is -0.360 e. The Morgan fingerprint density at radius 2 is 1.74 bits per heavy atom. The summed E-state index contributed by atoms with van der Waals surface area (Å²) in [5.41, 5.74) is 9.53. The van der Waals surface area contributed by atoms with Gasteiger partial charge >= 0.3 is 0 Å². The molecule has 0 unspecified atom stereocenters. The fraction of sp³-hybridized carbons (Fsp3) is 0.200. The number of halogens is 2. The number of benzene rings is 2. The highest BCUT2D eigenvalue weighted by molar-refractivity contribution is 9.10. The van der Waals surface area contributed by atoms with Crippen LogP contribution in [0.5, 0.6) is 0 Å². The monoisotopic (exact) mass is 320 g/mol. The summed E-state index contributed by atoms with van der Waals surface area (Å²) in [7, 11) is 0. The molecule has 2 aromatic rings. The lowest BCUT2D eigenvalue weighted by Gasteiger charge is -2.20. The minimum absolute atomic E-state index is 0.226. The Labute approximate surface area is 120 Å². The van der Waals surface area contributed by atoms with Crippen LogP contribution < -0.4 is 10.6 Å². The maximum atomic E-state index is 14.4. The van der Waals surface area contributed by atoms with E-state index in [0.29, 0.717) is 16.7 Å². The van der Waals surface area contributed by atoms with Crippen molar-refractivity contribution in [2.45, 2.75) is 19.6 Å². The molecule has 1 aliphatic heterocycles. The number of fused-ring (bicyclic) bond motifs is 1.